The number of H-pyrrole nitrogens is 1. The summed E-state index contributed by atoms with van der Waals surface area (Å²) in [5.74, 6) is 0.745. The van der Waals surface area contributed by atoms with Gasteiger partial charge in [-0.1, -0.05) is 30.3 Å². The highest BCUT2D eigenvalue weighted by Gasteiger charge is 2.30. The first-order valence-electron chi connectivity index (χ1n) is 10.0. The fraction of sp³-hybridized carbons (Fsp3) is 0.348. The van der Waals surface area contributed by atoms with Crippen molar-refractivity contribution in [1.82, 2.24) is 10.3 Å². The fourth-order valence-electron chi connectivity index (χ4n) is 4.01. The third-order valence-corrected chi connectivity index (χ3v) is 5.66. The lowest BCUT2D eigenvalue weighted by Crippen LogP contribution is -2.37. The Morgan fingerprint density at radius 3 is 2.76 bits per heavy atom. The molecule has 0 spiro atoms. The molecule has 4 rings (SSSR count). The molecule has 0 saturated carbocycles. The van der Waals surface area contributed by atoms with Crippen molar-refractivity contribution in [3.05, 3.63) is 65.9 Å². The minimum absolute atomic E-state index is 0.00714. The monoisotopic (exact) mass is 393 g/mol. The summed E-state index contributed by atoms with van der Waals surface area (Å²) in [6.07, 6.45) is 3.15. The van der Waals surface area contributed by atoms with Crippen LogP contribution in [0.3, 0.4) is 0 Å². The van der Waals surface area contributed by atoms with Crippen LogP contribution in [0.2, 0.25) is 0 Å². The van der Waals surface area contributed by atoms with E-state index in [0.29, 0.717) is 19.5 Å². The summed E-state index contributed by atoms with van der Waals surface area (Å²) in [5.41, 5.74) is 9.01. The molecule has 1 aromatic heterocycles. The van der Waals surface area contributed by atoms with Crippen molar-refractivity contribution in [2.24, 2.45) is 5.73 Å². The number of hydrogen-bond acceptors (Lipinski definition) is 4. The molecule has 3 atom stereocenters. The van der Waals surface area contributed by atoms with E-state index in [4.69, 9.17) is 15.2 Å². The van der Waals surface area contributed by atoms with Crippen LogP contribution < -0.4 is 15.8 Å². The molecule has 152 valence electrons. The van der Waals surface area contributed by atoms with Gasteiger partial charge in [0.05, 0.1) is 13.2 Å². The molecule has 1 unspecified atom stereocenters. The summed E-state index contributed by atoms with van der Waals surface area (Å²) in [4.78, 5) is 16.0. The Kier molecular flexibility index (Phi) is 5.83. The van der Waals surface area contributed by atoms with Crippen molar-refractivity contribution in [1.29, 1.82) is 0 Å². The number of fused-ring (bicyclic) bond motifs is 1. The Morgan fingerprint density at radius 2 is 2.03 bits per heavy atom. The normalized spacial score (nSPS) is 19.9. The SMILES string of the molecule is COc1ccc(C(CNC(=O)[C@@H]2CC[C@H](CN)O2)c2c[nH]c3ccccc23)cc1. The lowest BCUT2D eigenvalue weighted by molar-refractivity contribution is -0.131. The molecular formula is C23H27N3O3. The van der Waals surface area contributed by atoms with Crippen LogP contribution in [-0.4, -0.2) is 43.3 Å². The zero-order valence-electron chi connectivity index (χ0n) is 16.6. The second kappa shape index (κ2) is 8.68. The third kappa shape index (κ3) is 4.13. The number of para-hydroxylation sites is 1. The molecular weight excluding hydrogens is 366 g/mol. The van der Waals surface area contributed by atoms with Gasteiger partial charge >= 0.3 is 0 Å². The van der Waals surface area contributed by atoms with Crippen LogP contribution in [0.5, 0.6) is 5.75 Å². The molecule has 1 saturated heterocycles. The standard InChI is InChI=1S/C23H27N3O3/c1-28-16-8-6-15(7-9-16)19(20-14-25-21-5-3-2-4-18(20)21)13-26-23(27)22-11-10-17(12-24)29-22/h2-9,14,17,19,22,25H,10-13,24H2,1H3,(H,26,27)/t17-,19?,22+/m1/s1. The molecule has 1 aliphatic heterocycles. The third-order valence-electron chi connectivity index (χ3n) is 5.66. The first-order valence-corrected chi connectivity index (χ1v) is 10.0. The number of rotatable bonds is 7. The predicted octanol–water partition coefficient (Wildman–Crippen LogP) is 2.93. The summed E-state index contributed by atoms with van der Waals surface area (Å²) in [6.45, 7) is 0.938. The number of amides is 1. The molecule has 2 heterocycles. The van der Waals surface area contributed by atoms with Crippen LogP contribution in [0.1, 0.15) is 29.9 Å². The Labute approximate surface area is 170 Å². The Balaban J connectivity index is 1.57. The van der Waals surface area contributed by atoms with E-state index in [2.05, 4.69) is 22.4 Å². The van der Waals surface area contributed by atoms with Gasteiger partial charge in [0.1, 0.15) is 11.9 Å². The average Bonchev–Trinajstić information content (AvgIpc) is 3.42. The second-order valence-electron chi connectivity index (χ2n) is 7.42. The van der Waals surface area contributed by atoms with Gasteiger partial charge in [0.15, 0.2) is 0 Å². The van der Waals surface area contributed by atoms with Crippen LogP contribution in [-0.2, 0) is 9.53 Å². The minimum atomic E-state index is -0.414. The fourth-order valence-corrected chi connectivity index (χ4v) is 4.01. The number of ether oxygens (including phenoxy) is 2. The predicted molar refractivity (Wildman–Crippen MR) is 113 cm³/mol. The first kappa shape index (κ1) is 19.5. The summed E-state index contributed by atoms with van der Waals surface area (Å²) in [5, 5.41) is 4.25. The van der Waals surface area contributed by atoms with Crippen molar-refractivity contribution in [2.45, 2.75) is 31.0 Å². The summed E-state index contributed by atoms with van der Waals surface area (Å²) >= 11 is 0. The number of aromatic amines is 1. The number of carbonyl (C=O) groups excluding carboxylic acids is 1. The van der Waals surface area contributed by atoms with E-state index in [1.807, 2.05) is 42.6 Å². The van der Waals surface area contributed by atoms with Gasteiger partial charge in [-0.2, -0.15) is 0 Å². The number of nitrogens with one attached hydrogen (secondary N) is 2. The van der Waals surface area contributed by atoms with Crippen molar-refractivity contribution >= 4 is 16.8 Å². The van der Waals surface area contributed by atoms with Crippen molar-refractivity contribution in [3.8, 4) is 5.75 Å². The van der Waals surface area contributed by atoms with Gasteiger partial charge in [-0.25, -0.2) is 0 Å². The highest BCUT2D eigenvalue weighted by Crippen LogP contribution is 2.31. The molecule has 2 aromatic carbocycles. The molecule has 0 bridgehead atoms. The van der Waals surface area contributed by atoms with E-state index >= 15 is 0 Å². The Hall–Kier alpha value is -2.83. The van der Waals surface area contributed by atoms with Gasteiger partial charge < -0.3 is 25.5 Å². The van der Waals surface area contributed by atoms with Gasteiger partial charge in [0, 0.05) is 36.1 Å². The van der Waals surface area contributed by atoms with E-state index in [0.717, 1.165) is 34.2 Å². The van der Waals surface area contributed by atoms with Gasteiger partial charge in [-0.05, 0) is 42.2 Å². The van der Waals surface area contributed by atoms with Crippen molar-refractivity contribution in [3.63, 3.8) is 0 Å². The van der Waals surface area contributed by atoms with E-state index < -0.39 is 6.10 Å². The highest BCUT2D eigenvalue weighted by molar-refractivity contribution is 5.85. The first-order chi connectivity index (χ1) is 14.2. The number of nitrogens with two attached hydrogens (primary N) is 1. The summed E-state index contributed by atoms with van der Waals surface area (Å²) < 4.78 is 11.0. The van der Waals surface area contributed by atoms with Crippen LogP contribution in [0.15, 0.2) is 54.7 Å². The number of benzene rings is 2. The Morgan fingerprint density at radius 1 is 1.24 bits per heavy atom. The molecule has 6 nitrogen and oxygen atoms in total. The number of hydrogen-bond donors (Lipinski definition) is 3. The molecule has 0 radical (unpaired) electrons. The molecule has 1 amide bonds. The maximum Gasteiger partial charge on any atom is 0.249 e. The number of carbonyl (C=O) groups is 1. The maximum atomic E-state index is 12.7. The smallest absolute Gasteiger partial charge is 0.249 e. The molecule has 4 N–H and O–H groups in total. The number of aromatic nitrogens is 1. The van der Waals surface area contributed by atoms with Gasteiger partial charge in [0.25, 0.3) is 0 Å². The maximum absolute atomic E-state index is 12.7. The van der Waals surface area contributed by atoms with Crippen LogP contribution >= 0.6 is 0 Å². The van der Waals surface area contributed by atoms with E-state index in [1.54, 1.807) is 7.11 Å². The van der Waals surface area contributed by atoms with E-state index in [1.165, 1.54) is 0 Å². The molecule has 0 aliphatic carbocycles. The summed E-state index contributed by atoms with van der Waals surface area (Å²) in [6, 6.07) is 16.2. The molecule has 1 aliphatic rings. The summed E-state index contributed by atoms with van der Waals surface area (Å²) in [7, 11) is 1.66. The molecule has 29 heavy (non-hydrogen) atoms. The molecule has 3 aromatic rings. The van der Waals surface area contributed by atoms with Crippen LogP contribution in [0, 0.1) is 0 Å². The van der Waals surface area contributed by atoms with Crippen LogP contribution in [0.4, 0.5) is 0 Å². The van der Waals surface area contributed by atoms with Crippen molar-refractivity contribution < 1.29 is 14.3 Å². The highest BCUT2D eigenvalue weighted by atomic mass is 16.5. The Bertz CT molecular complexity index is 967. The molecule has 1 fully saturated rings. The zero-order chi connectivity index (χ0) is 20.2. The van der Waals surface area contributed by atoms with Crippen LogP contribution in [0.25, 0.3) is 10.9 Å². The lowest BCUT2D eigenvalue weighted by atomic mass is 9.90. The average molecular weight is 393 g/mol. The minimum Gasteiger partial charge on any atom is -0.497 e. The van der Waals surface area contributed by atoms with Gasteiger partial charge in [0.2, 0.25) is 5.91 Å². The van der Waals surface area contributed by atoms with E-state index in [9.17, 15) is 4.79 Å². The van der Waals surface area contributed by atoms with E-state index in [-0.39, 0.29) is 17.9 Å². The number of methoxy groups -OCH3 is 1. The van der Waals surface area contributed by atoms with Gasteiger partial charge in [-0.15, -0.1) is 0 Å². The van der Waals surface area contributed by atoms with Gasteiger partial charge in [-0.3, -0.25) is 4.79 Å². The zero-order valence-corrected chi connectivity index (χ0v) is 16.6. The van der Waals surface area contributed by atoms with Crippen molar-refractivity contribution in [2.75, 3.05) is 20.2 Å². The quantitative estimate of drug-likeness (QED) is 0.576. The lowest BCUT2D eigenvalue weighted by Gasteiger charge is -2.20. The largest absolute Gasteiger partial charge is 0.497 e. The molecule has 6 heteroatoms. The second-order valence-corrected chi connectivity index (χ2v) is 7.42. The topological polar surface area (TPSA) is 89.4 Å².